The van der Waals surface area contributed by atoms with Gasteiger partial charge in [0.2, 0.25) is 5.95 Å². The Morgan fingerprint density at radius 2 is 1.95 bits per heavy atom. The Balaban J connectivity index is 1.59. The zero-order valence-electron chi connectivity index (χ0n) is 11.3. The minimum Gasteiger partial charge on any atom is -0.353 e. The number of rotatable bonds is 2. The summed E-state index contributed by atoms with van der Waals surface area (Å²) in [5.41, 5.74) is 2.27. The van der Waals surface area contributed by atoms with E-state index in [1.807, 2.05) is 6.07 Å². The summed E-state index contributed by atoms with van der Waals surface area (Å²) in [4.78, 5) is 4.71. The van der Waals surface area contributed by atoms with Gasteiger partial charge in [-0.05, 0) is 37.8 Å². The number of hydrogen-bond acceptors (Lipinski definition) is 3. The molecule has 2 aliphatic heterocycles. The standard InChI is InChI=1S/C15H20N4/c1-19-14-5-3-2-4-13(14)18-15(19)17-12-8-10-6-7-11(9-12)16-10/h2-5,10-12,16H,6-9H2,1H3,(H,17,18). The molecule has 2 saturated heterocycles. The zero-order chi connectivity index (χ0) is 12.8. The van der Waals surface area contributed by atoms with Crippen molar-refractivity contribution in [1.82, 2.24) is 14.9 Å². The second kappa shape index (κ2) is 4.23. The summed E-state index contributed by atoms with van der Waals surface area (Å²) in [5, 5.41) is 7.33. The maximum absolute atomic E-state index is 4.71. The van der Waals surface area contributed by atoms with Crippen molar-refractivity contribution < 1.29 is 0 Å². The highest BCUT2D eigenvalue weighted by atomic mass is 15.2. The first-order valence-corrected chi connectivity index (χ1v) is 7.23. The van der Waals surface area contributed by atoms with Crippen LogP contribution in [0.1, 0.15) is 25.7 Å². The molecule has 4 rings (SSSR count). The van der Waals surface area contributed by atoms with Gasteiger partial charge in [-0.15, -0.1) is 0 Å². The fourth-order valence-corrected chi connectivity index (χ4v) is 3.63. The van der Waals surface area contributed by atoms with Crippen LogP contribution >= 0.6 is 0 Å². The second-order valence-corrected chi connectivity index (χ2v) is 5.93. The van der Waals surface area contributed by atoms with E-state index in [9.17, 15) is 0 Å². The van der Waals surface area contributed by atoms with Gasteiger partial charge < -0.3 is 15.2 Å². The van der Waals surface area contributed by atoms with Crippen molar-refractivity contribution in [1.29, 1.82) is 0 Å². The summed E-state index contributed by atoms with van der Waals surface area (Å²) >= 11 is 0. The Kier molecular flexibility index (Phi) is 2.52. The first kappa shape index (κ1) is 11.3. The third-order valence-electron chi connectivity index (χ3n) is 4.59. The lowest BCUT2D eigenvalue weighted by molar-refractivity contribution is 0.376. The predicted octanol–water partition coefficient (Wildman–Crippen LogP) is 2.27. The van der Waals surface area contributed by atoms with Gasteiger partial charge in [-0.1, -0.05) is 12.1 Å². The van der Waals surface area contributed by atoms with Crippen molar-refractivity contribution in [2.45, 2.75) is 43.8 Å². The average Bonchev–Trinajstić information content (AvgIpc) is 2.92. The van der Waals surface area contributed by atoms with Crippen molar-refractivity contribution in [3.05, 3.63) is 24.3 Å². The fraction of sp³-hybridized carbons (Fsp3) is 0.533. The van der Waals surface area contributed by atoms with Crippen LogP contribution in [0.15, 0.2) is 24.3 Å². The molecule has 1 aromatic carbocycles. The molecule has 0 aliphatic carbocycles. The molecule has 2 fully saturated rings. The van der Waals surface area contributed by atoms with Gasteiger partial charge in [0.05, 0.1) is 11.0 Å². The number of imidazole rings is 1. The zero-order valence-corrected chi connectivity index (χ0v) is 11.3. The monoisotopic (exact) mass is 256 g/mol. The van der Waals surface area contributed by atoms with E-state index in [2.05, 4.69) is 40.4 Å². The molecular formula is C15H20N4. The first-order chi connectivity index (χ1) is 9.29. The third-order valence-corrected chi connectivity index (χ3v) is 4.59. The number of aromatic nitrogens is 2. The minimum atomic E-state index is 0.564. The summed E-state index contributed by atoms with van der Waals surface area (Å²) in [7, 11) is 2.09. The smallest absolute Gasteiger partial charge is 0.203 e. The molecule has 100 valence electrons. The van der Waals surface area contributed by atoms with Crippen molar-refractivity contribution in [3.8, 4) is 0 Å². The van der Waals surface area contributed by atoms with Crippen LogP contribution in [0.25, 0.3) is 11.0 Å². The number of nitrogens with zero attached hydrogens (tertiary/aromatic N) is 2. The van der Waals surface area contributed by atoms with Gasteiger partial charge in [0, 0.05) is 25.2 Å². The van der Waals surface area contributed by atoms with Gasteiger partial charge in [0.1, 0.15) is 0 Å². The van der Waals surface area contributed by atoms with E-state index < -0.39 is 0 Å². The SMILES string of the molecule is Cn1c(NC2CC3CCC(C2)N3)nc2ccccc21. The van der Waals surface area contributed by atoms with Crippen LogP contribution in [0.2, 0.25) is 0 Å². The first-order valence-electron chi connectivity index (χ1n) is 7.23. The van der Waals surface area contributed by atoms with Gasteiger partial charge in [0.25, 0.3) is 0 Å². The van der Waals surface area contributed by atoms with Crippen molar-refractivity contribution in [3.63, 3.8) is 0 Å². The van der Waals surface area contributed by atoms with E-state index in [1.54, 1.807) is 0 Å². The molecule has 1 aromatic heterocycles. The number of para-hydroxylation sites is 2. The maximum Gasteiger partial charge on any atom is 0.203 e. The molecular weight excluding hydrogens is 236 g/mol. The fourth-order valence-electron chi connectivity index (χ4n) is 3.63. The number of anilines is 1. The maximum atomic E-state index is 4.71. The molecule has 4 nitrogen and oxygen atoms in total. The van der Waals surface area contributed by atoms with Crippen LogP contribution in [0.5, 0.6) is 0 Å². The van der Waals surface area contributed by atoms with Crippen LogP contribution in [0, 0.1) is 0 Å². The molecule has 0 radical (unpaired) electrons. The second-order valence-electron chi connectivity index (χ2n) is 5.93. The topological polar surface area (TPSA) is 41.9 Å². The molecule has 3 heterocycles. The quantitative estimate of drug-likeness (QED) is 0.866. The Bertz CT molecular complexity index is 591. The Morgan fingerprint density at radius 1 is 1.21 bits per heavy atom. The molecule has 19 heavy (non-hydrogen) atoms. The summed E-state index contributed by atoms with van der Waals surface area (Å²) in [5.74, 6) is 1.01. The molecule has 2 aromatic rings. The average molecular weight is 256 g/mol. The molecule has 2 bridgehead atoms. The van der Waals surface area contributed by atoms with Crippen LogP contribution in [-0.2, 0) is 7.05 Å². The van der Waals surface area contributed by atoms with Gasteiger partial charge in [-0.25, -0.2) is 4.98 Å². The van der Waals surface area contributed by atoms with Crippen LogP contribution in [-0.4, -0.2) is 27.7 Å². The van der Waals surface area contributed by atoms with Crippen molar-refractivity contribution >= 4 is 17.0 Å². The highest BCUT2D eigenvalue weighted by Crippen LogP contribution is 2.29. The Labute approximate surface area is 113 Å². The molecule has 2 N–H and O–H groups in total. The minimum absolute atomic E-state index is 0.564. The lowest BCUT2D eigenvalue weighted by atomic mass is 10.0. The number of hydrogen-bond donors (Lipinski definition) is 2. The third kappa shape index (κ3) is 1.91. The van der Waals surface area contributed by atoms with E-state index in [0.29, 0.717) is 18.1 Å². The number of piperidine rings is 1. The number of aryl methyl sites for hydroxylation is 1. The number of benzene rings is 1. The summed E-state index contributed by atoms with van der Waals surface area (Å²) in [6.45, 7) is 0. The van der Waals surface area contributed by atoms with Crippen LogP contribution < -0.4 is 10.6 Å². The number of nitrogens with one attached hydrogen (secondary N) is 2. The highest BCUT2D eigenvalue weighted by Gasteiger charge is 2.33. The van der Waals surface area contributed by atoms with E-state index in [-0.39, 0.29) is 0 Å². The summed E-state index contributed by atoms with van der Waals surface area (Å²) in [6.07, 6.45) is 5.12. The number of fused-ring (bicyclic) bond motifs is 3. The van der Waals surface area contributed by atoms with E-state index in [1.165, 1.54) is 31.2 Å². The summed E-state index contributed by atoms with van der Waals surface area (Å²) < 4.78 is 2.17. The molecule has 0 amide bonds. The summed E-state index contributed by atoms with van der Waals surface area (Å²) in [6, 6.07) is 10.3. The lowest BCUT2D eigenvalue weighted by Gasteiger charge is -2.29. The van der Waals surface area contributed by atoms with Gasteiger partial charge >= 0.3 is 0 Å². The molecule has 2 unspecified atom stereocenters. The Morgan fingerprint density at radius 3 is 2.68 bits per heavy atom. The van der Waals surface area contributed by atoms with Crippen LogP contribution in [0.3, 0.4) is 0 Å². The predicted molar refractivity (Wildman–Crippen MR) is 77.3 cm³/mol. The molecule has 0 spiro atoms. The van der Waals surface area contributed by atoms with Gasteiger partial charge in [-0.2, -0.15) is 0 Å². The lowest BCUT2D eigenvalue weighted by Crippen LogP contribution is -2.43. The Hall–Kier alpha value is -1.55. The van der Waals surface area contributed by atoms with E-state index >= 15 is 0 Å². The molecule has 4 heteroatoms. The molecule has 0 saturated carbocycles. The van der Waals surface area contributed by atoms with Gasteiger partial charge in [-0.3, -0.25) is 0 Å². The van der Waals surface area contributed by atoms with Crippen molar-refractivity contribution in [2.24, 2.45) is 7.05 Å². The van der Waals surface area contributed by atoms with Crippen LogP contribution in [0.4, 0.5) is 5.95 Å². The molecule has 2 atom stereocenters. The normalized spacial score (nSPS) is 29.8. The van der Waals surface area contributed by atoms with Crippen molar-refractivity contribution in [2.75, 3.05) is 5.32 Å². The largest absolute Gasteiger partial charge is 0.353 e. The van der Waals surface area contributed by atoms with E-state index in [4.69, 9.17) is 4.98 Å². The van der Waals surface area contributed by atoms with Gasteiger partial charge in [0.15, 0.2) is 0 Å². The molecule has 2 aliphatic rings. The van der Waals surface area contributed by atoms with E-state index in [0.717, 1.165) is 11.5 Å². The highest BCUT2D eigenvalue weighted by molar-refractivity contribution is 5.78.